The quantitative estimate of drug-likeness (QED) is 0.638. The third kappa shape index (κ3) is 5.44. The van der Waals surface area contributed by atoms with Crippen molar-refractivity contribution in [2.24, 2.45) is 0 Å². The van der Waals surface area contributed by atoms with Crippen molar-refractivity contribution >= 4 is 34.4 Å². The lowest BCUT2D eigenvalue weighted by molar-refractivity contribution is -0.111. The Labute approximate surface area is 185 Å². The highest BCUT2D eigenvalue weighted by Crippen LogP contribution is 2.36. The van der Waals surface area contributed by atoms with Gasteiger partial charge in [-0.15, -0.1) is 11.3 Å². The maximum absolute atomic E-state index is 12.5. The molecule has 2 aromatic rings. The van der Waals surface area contributed by atoms with Gasteiger partial charge in [-0.2, -0.15) is 5.26 Å². The highest BCUT2D eigenvalue weighted by Gasteiger charge is 2.27. The monoisotopic (exact) mass is 439 g/mol. The highest BCUT2D eigenvalue weighted by atomic mass is 32.1. The first-order chi connectivity index (χ1) is 15.1. The fourth-order valence-corrected chi connectivity index (χ4v) is 4.48. The molecule has 1 aromatic heterocycles. The lowest BCUT2D eigenvalue weighted by atomic mass is 10.0. The summed E-state index contributed by atoms with van der Waals surface area (Å²) < 4.78 is 10.8. The van der Waals surface area contributed by atoms with Gasteiger partial charge in [-0.1, -0.05) is 25.1 Å². The van der Waals surface area contributed by atoms with Crippen molar-refractivity contribution in [2.45, 2.75) is 33.2 Å². The molecule has 2 amide bonds. The van der Waals surface area contributed by atoms with Crippen LogP contribution in [-0.4, -0.2) is 36.7 Å². The lowest BCUT2D eigenvalue weighted by Gasteiger charge is -2.25. The zero-order chi connectivity index (χ0) is 22.2. The number of para-hydroxylation sites is 1. The van der Waals surface area contributed by atoms with Crippen molar-refractivity contribution < 1.29 is 19.1 Å². The molecule has 162 valence electrons. The Kier molecular flexibility index (Phi) is 7.68. The molecule has 0 unspecified atom stereocenters. The molecule has 0 radical (unpaired) electrons. The van der Waals surface area contributed by atoms with E-state index in [9.17, 15) is 14.9 Å². The number of fused-ring (bicyclic) bond motifs is 1. The average molecular weight is 440 g/mol. The van der Waals surface area contributed by atoms with Crippen LogP contribution in [0.2, 0.25) is 0 Å². The van der Waals surface area contributed by atoms with E-state index >= 15 is 0 Å². The fourth-order valence-electron chi connectivity index (χ4n) is 3.26. The number of nitriles is 1. The normalized spacial score (nSPS) is 12.9. The minimum absolute atomic E-state index is 0.316. The van der Waals surface area contributed by atoms with E-state index in [0.717, 1.165) is 28.2 Å². The number of anilines is 1. The summed E-state index contributed by atoms with van der Waals surface area (Å²) in [5.41, 5.74) is 2.17. The van der Waals surface area contributed by atoms with Crippen molar-refractivity contribution in [3.05, 3.63) is 51.9 Å². The fraction of sp³-hybridized carbons (Fsp3) is 0.348. The molecule has 0 saturated carbocycles. The molecule has 7 nitrogen and oxygen atoms in total. The number of carbonyl (C=O) groups excluding carboxylic acids is 2. The molecule has 1 aliphatic heterocycles. The van der Waals surface area contributed by atoms with Gasteiger partial charge in [0.1, 0.15) is 16.8 Å². The first-order valence-electron chi connectivity index (χ1n) is 10.2. The van der Waals surface area contributed by atoms with Gasteiger partial charge in [-0.3, -0.25) is 4.79 Å². The van der Waals surface area contributed by atoms with Gasteiger partial charge in [-0.25, -0.2) is 4.79 Å². The smallest absolute Gasteiger partial charge is 0.410 e. The Morgan fingerprint density at radius 2 is 2.13 bits per heavy atom. The Morgan fingerprint density at radius 3 is 2.87 bits per heavy atom. The van der Waals surface area contributed by atoms with E-state index < -0.39 is 0 Å². The molecule has 0 saturated heterocycles. The molecular weight excluding hydrogens is 414 g/mol. The number of nitrogens with one attached hydrogen (secondary N) is 1. The third-order valence-corrected chi connectivity index (χ3v) is 5.86. The SMILES string of the molecule is CCCOc1ccccc1/C=C/C(=O)Nc1sc2c(c1C#N)CCN(C(=O)OCC)C2. The predicted octanol–water partition coefficient (Wildman–Crippen LogP) is 4.58. The van der Waals surface area contributed by atoms with Gasteiger partial charge in [0.05, 0.1) is 25.3 Å². The molecule has 1 aromatic carbocycles. The van der Waals surface area contributed by atoms with E-state index in [1.165, 1.54) is 17.4 Å². The Morgan fingerprint density at radius 1 is 1.32 bits per heavy atom. The molecule has 0 fully saturated rings. The molecule has 1 aliphatic rings. The number of carbonyl (C=O) groups is 2. The first-order valence-corrected chi connectivity index (χ1v) is 11.1. The van der Waals surface area contributed by atoms with E-state index in [0.29, 0.717) is 43.3 Å². The number of amides is 2. The molecule has 31 heavy (non-hydrogen) atoms. The minimum atomic E-state index is -0.363. The van der Waals surface area contributed by atoms with Crippen molar-refractivity contribution in [3.8, 4) is 11.8 Å². The van der Waals surface area contributed by atoms with Gasteiger partial charge in [0.25, 0.3) is 0 Å². The highest BCUT2D eigenvalue weighted by molar-refractivity contribution is 7.16. The predicted molar refractivity (Wildman–Crippen MR) is 120 cm³/mol. The van der Waals surface area contributed by atoms with Gasteiger partial charge < -0.3 is 19.7 Å². The third-order valence-electron chi connectivity index (χ3n) is 4.73. The van der Waals surface area contributed by atoms with Crippen LogP contribution in [0.15, 0.2) is 30.3 Å². The zero-order valence-electron chi connectivity index (χ0n) is 17.6. The second-order valence-electron chi connectivity index (χ2n) is 6.90. The minimum Gasteiger partial charge on any atom is -0.493 e. The van der Waals surface area contributed by atoms with Crippen molar-refractivity contribution in [1.29, 1.82) is 5.26 Å². The van der Waals surface area contributed by atoms with Crippen LogP contribution in [0, 0.1) is 11.3 Å². The van der Waals surface area contributed by atoms with E-state index in [1.54, 1.807) is 17.9 Å². The van der Waals surface area contributed by atoms with Crippen molar-refractivity contribution in [3.63, 3.8) is 0 Å². The Balaban J connectivity index is 1.72. The van der Waals surface area contributed by atoms with Crippen LogP contribution in [0.5, 0.6) is 5.75 Å². The molecule has 0 spiro atoms. The van der Waals surface area contributed by atoms with Gasteiger partial charge in [-0.05, 0) is 37.5 Å². The molecule has 0 bridgehead atoms. The first kappa shape index (κ1) is 22.4. The van der Waals surface area contributed by atoms with Gasteiger partial charge in [0.2, 0.25) is 5.91 Å². The van der Waals surface area contributed by atoms with E-state index in [1.807, 2.05) is 31.2 Å². The van der Waals surface area contributed by atoms with E-state index in [2.05, 4.69) is 11.4 Å². The standard InChI is InChI=1S/C23H25N3O4S/c1-3-13-30-19-8-6-5-7-16(19)9-10-21(27)25-22-18(14-24)17-11-12-26(15-20(17)31-22)23(28)29-4-2/h5-10H,3-4,11-13,15H2,1-2H3,(H,25,27)/b10-9+. The molecule has 3 rings (SSSR count). The summed E-state index contributed by atoms with van der Waals surface area (Å²) in [4.78, 5) is 27.0. The number of thiophene rings is 1. The summed E-state index contributed by atoms with van der Waals surface area (Å²) in [6.07, 6.45) is 4.21. The van der Waals surface area contributed by atoms with Gasteiger partial charge in [0, 0.05) is 23.1 Å². The van der Waals surface area contributed by atoms with Crippen molar-refractivity contribution in [1.82, 2.24) is 4.90 Å². The van der Waals surface area contributed by atoms with E-state index in [4.69, 9.17) is 9.47 Å². The molecule has 0 atom stereocenters. The van der Waals surface area contributed by atoms with Crippen LogP contribution >= 0.6 is 11.3 Å². The summed E-state index contributed by atoms with van der Waals surface area (Å²) in [5, 5.41) is 12.9. The lowest BCUT2D eigenvalue weighted by Crippen LogP contribution is -2.35. The topological polar surface area (TPSA) is 91.7 Å². The Hall–Kier alpha value is -3.31. The summed E-state index contributed by atoms with van der Waals surface area (Å²) in [7, 11) is 0. The number of nitrogens with zero attached hydrogens (tertiary/aromatic N) is 2. The second kappa shape index (κ2) is 10.6. The second-order valence-corrected chi connectivity index (χ2v) is 8.00. The number of rotatable bonds is 7. The molecule has 8 heteroatoms. The maximum Gasteiger partial charge on any atom is 0.410 e. The molecule has 0 aliphatic carbocycles. The van der Waals surface area contributed by atoms with Crippen LogP contribution in [0.3, 0.4) is 0 Å². The van der Waals surface area contributed by atoms with Crippen LogP contribution < -0.4 is 10.1 Å². The Bertz CT molecular complexity index is 1020. The van der Waals surface area contributed by atoms with Crippen molar-refractivity contribution in [2.75, 3.05) is 25.1 Å². The zero-order valence-corrected chi connectivity index (χ0v) is 18.5. The number of benzene rings is 1. The molecule has 1 N–H and O–H groups in total. The number of hydrogen-bond donors (Lipinski definition) is 1. The number of hydrogen-bond acceptors (Lipinski definition) is 6. The van der Waals surface area contributed by atoms with Crippen LogP contribution in [-0.2, 0) is 22.5 Å². The summed E-state index contributed by atoms with van der Waals surface area (Å²) in [6, 6.07) is 9.71. The largest absolute Gasteiger partial charge is 0.493 e. The maximum atomic E-state index is 12.5. The summed E-state index contributed by atoms with van der Waals surface area (Å²) in [5.74, 6) is 0.388. The number of ether oxygens (including phenoxy) is 2. The van der Waals surface area contributed by atoms with Crippen LogP contribution in [0.25, 0.3) is 6.08 Å². The van der Waals surface area contributed by atoms with Crippen LogP contribution in [0.4, 0.5) is 9.80 Å². The van der Waals surface area contributed by atoms with Crippen LogP contribution in [0.1, 0.15) is 41.8 Å². The summed E-state index contributed by atoms with van der Waals surface area (Å²) in [6.45, 7) is 5.58. The van der Waals surface area contributed by atoms with Gasteiger partial charge >= 0.3 is 6.09 Å². The summed E-state index contributed by atoms with van der Waals surface area (Å²) >= 11 is 1.33. The van der Waals surface area contributed by atoms with Gasteiger partial charge in [0.15, 0.2) is 0 Å². The van der Waals surface area contributed by atoms with E-state index in [-0.39, 0.29) is 12.0 Å². The molecule has 2 heterocycles. The average Bonchev–Trinajstić information content (AvgIpc) is 3.12. The molecular formula is C23H25N3O4S.